The van der Waals surface area contributed by atoms with Gasteiger partial charge in [-0.3, -0.25) is 4.79 Å². The van der Waals surface area contributed by atoms with E-state index >= 15 is 0 Å². The molecule has 13 heteroatoms. The highest BCUT2D eigenvalue weighted by atomic mass is 32.2. The molecule has 1 aromatic carbocycles. The highest BCUT2D eigenvalue weighted by molar-refractivity contribution is 7.99. The fourth-order valence-electron chi connectivity index (χ4n) is 2.82. The number of amides is 1. The molecular weight excluding hydrogens is 491 g/mol. The first kappa shape index (κ1) is 25.7. The van der Waals surface area contributed by atoms with Crippen LogP contribution in [0.1, 0.15) is 32.8 Å². The molecule has 0 unspecified atom stereocenters. The molecule has 0 aliphatic carbocycles. The summed E-state index contributed by atoms with van der Waals surface area (Å²) in [4.78, 5) is 43.7. The number of aromatic nitrogens is 2. The predicted octanol–water partition coefficient (Wildman–Crippen LogP) is 4.45. The minimum atomic E-state index is -4.70. The lowest BCUT2D eigenvalue weighted by atomic mass is 10.1. The van der Waals surface area contributed by atoms with E-state index in [0.717, 1.165) is 32.0 Å². The molecule has 35 heavy (non-hydrogen) atoms. The van der Waals surface area contributed by atoms with Crippen molar-refractivity contribution in [3.05, 3.63) is 59.5 Å². The van der Waals surface area contributed by atoms with E-state index in [1.54, 1.807) is 0 Å². The number of anilines is 1. The van der Waals surface area contributed by atoms with E-state index in [1.807, 2.05) is 0 Å². The van der Waals surface area contributed by atoms with Gasteiger partial charge in [0.2, 0.25) is 5.91 Å². The number of ether oxygens (including phenoxy) is 2. The maximum atomic E-state index is 13.3. The number of thioether (sulfide) groups is 1. The number of esters is 2. The minimum absolute atomic E-state index is 0.0166. The zero-order chi connectivity index (χ0) is 25.6. The summed E-state index contributed by atoms with van der Waals surface area (Å²) >= 11 is 0.851. The first-order chi connectivity index (χ1) is 16.6. The Balaban J connectivity index is 1.70. The quantitative estimate of drug-likeness (QED) is 0.267. The number of alkyl halides is 3. The molecule has 184 valence electrons. The molecule has 0 aliphatic rings. The molecule has 1 amide bonds. The van der Waals surface area contributed by atoms with Gasteiger partial charge in [0.15, 0.2) is 10.9 Å². The Morgan fingerprint density at radius 1 is 1.03 bits per heavy atom. The van der Waals surface area contributed by atoms with Crippen LogP contribution in [0.25, 0.3) is 11.5 Å². The number of carbonyl (C=O) groups excluding carboxylic acids is 3. The average Bonchev–Trinajstić information content (AvgIpc) is 3.37. The van der Waals surface area contributed by atoms with E-state index in [4.69, 9.17) is 4.42 Å². The third kappa shape index (κ3) is 6.82. The number of furan rings is 1. The number of nitrogens with zero attached hydrogens (tertiary/aromatic N) is 2. The van der Waals surface area contributed by atoms with Gasteiger partial charge in [0.05, 0.1) is 31.6 Å². The van der Waals surface area contributed by atoms with Crippen LogP contribution in [0.4, 0.5) is 18.9 Å². The summed E-state index contributed by atoms with van der Waals surface area (Å²) in [5, 5.41) is 2.35. The Morgan fingerprint density at radius 3 is 2.23 bits per heavy atom. The molecule has 0 radical (unpaired) electrons. The Kier molecular flexibility index (Phi) is 8.12. The molecule has 3 aromatic rings. The lowest BCUT2D eigenvalue weighted by molar-refractivity contribution is -0.141. The number of carbonyl (C=O) groups is 3. The summed E-state index contributed by atoms with van der Waals surface area (Å²) in [5.74, 6) is -1.78. The van der Waals surface area contributed by atoms with Crippen LogP contribution in [-0.4, -0.2) is 47.8 Å². The maximum absolute atomic E-state index is 13.3. The number of benzene rings is 1. The van der Waals surface area contributed by atoms with Crippen molar-refractivity contribution in [1.29, 1.82) is 0 Å². The zero-order valence-electron chi connectivity index (χ0n) is 18.3. The SMILES string of the molecule is COC(=O)c1cc(NC(=O)CCSc2nc(-c3ccco3)cc(C(F)(F)F)n2)cc(C(=O)OC)c1. The van der Waals surface area contributed by atoms with E-state index in [-0.39, 0.29) is 45.6 Å². The van der Waals surface area contributed by atoms with Gasteiger partial charge in [-0.1, -0.05) is 11.8 Å². The number of nitrogens with one attached hydrogen (secondary N) is 1. The van der Waals surface area contributed by atoms with E-state index < -0.39 is 29.7 Å². The Hall–Kier alpha value is -3.87. The summed E-state index contributed by atoms with van der Waals surface area (Å²) in [5.41, 5.74) is -1.01. The number of halogens is 3. The van der Waals surface area contributed by atoms with Crippen molar-refractivity contribution in [3.8, 4) is 11.5 Å². The molecule has 0 spiro atoms. The van der Waals surface area contributed by atoms with Crippen LogP contribution in [0.15, 0.2) is 52.2 Å². The van der Waals surface area contributed by atoms with Crippen LogP contribution in [0.2, 0.25) is 0 Å². The molecule has 2 aromatic heterocycles. The minimum Gasteiger partial charge on any atom is -0.465 e. The van der Waals surface area contributed by atoms with Crippen molar-refractivity contribution >= 4 is 35.3 Å². The summed E-state index contributed by atoms with van der Waals surface area (Å²) in [6, 6.07) is 7.65. The summed E-state index contributed by atoms with van der Waals surface area (Å²) in [6.07, 6.45) is -3.52. The second kappa shape index (κ2) is 11.0. The maximum Gasteiger partial charge on any atom is 0.433 e. The third-order valence-corrected chi connectivity index (χ3v) is 5.24. The fourth-order valence-corrected chi connectivity index (χ4v) is 3.61. The van der Waals surface area contributed by atoms with E-state index in [2.05, 4.69) is 24.8 Å². The number of hydrogen-bond acceptors (Lipinski definition) is 9. The van der Waals surface area contributed by atoms with Gasteiger partial charge in [0.25, 0.3) is 0 Å². The van der Waals surface area contributed by atoms with Gasteiger partial charge in [-0.05, 0) is 36.4 Å². The standard InChI is InChI=1S/C22H18F3N3O6S/c1-32-19(30)12-8-13(20(31)33-2)10-14(9-12)26-18(29)5-7-35-21-27-15(16-4-3-6-34-16)11-17(28-21)22(23,24)25/h3-4,6,8-11H,5,7H2,1-2H3,(H,26,29). The summed E-state index contributed by atoms with van der Waals surface area (Å²) in [6.45, 7) is 0. The topological polar surface area (TPSA) is 121 Å². The van der Waals surface area contributed by atoms with Crippen LogP contribution < -0.4 is 5.32 Å². The molecule has 3 rings (SSSR count). The van der Waals surface area contributed by atoms with Gasteiger partial charge in [-0.15, -0.1) is 0 Å². The van der Waals surface area contributed by atoms with Gasteiger partial charge in [0, 0.05) is 17.9 Å². The van der Waals surface area contributed by atoms with Crippen LogP contribution in [0.5, 0.6) is 0 Å². The zero-order valence-corrected chi connectivity index (χ0v) is 19.2. The van der Waals surface area contributed by atoms with Crippen molar-refractivity contribution in [1.82, 2.24) is 9.97 Å². The van der Waals surface area contributed by atoms with E-state index in [1.165, 1.54) is 36.6 Å². The second-order valence-electron chi connectivity index (χ2n) is 6.82. The Bertz CT molecular complexity index is 1200. The van der Waals surface area contributed by atoms with Crippen LogP contribution >= 0.6 is 11.8 Å². The molecule has 9 nitrogen and oxygen atoms in total. The van der Waals surface area contributed by atoms with Gasteiger partial charge < -0.3 is 19.2 Å². The van der Waals surface area contributed by atoms with Crippen molar-refractivity contribution < 1.29 is 41.4 Å². The van der Waals surface area contributed by atoms with E-state index in [9.17, 15) is 27.6 Å². The Labute approximate surface area is 201 Å². The Morgan fingerprint density at radius 2 is 1.69 bits per heavy atom. The highest BCUT2D eigenvalue weighted by Gasteiger charge is 2.34. The second-order valence-corrected chi connectivity index (χ2v) is 7.89. The molecule has 2 heterocycles. The molecular formula is C22H18F3N3O6S. The molecule has 0 atom stereocenters. The van der Waals surface area contributed by atoms with Crippen molar-refractivity contribution in [3.63, 3.8) is 0 Å². The molecule has 0 bridgehead atoms. The lowest BCUT2D eigenvalue weighted by Gasteiger charge is -2.10. The first-order valence-electron chi connectivity index (χ1n) is 9.85. The van der Waals surface area contributed by atoms with Crippen LogP contribution in [0, 0.1) is 0 Å². The molecule has 1 N–H and O–H groups in total. The normalized spacial score (nSPS) is 11.1. The number of hydrogen-bond donors (Lipinski definition) is 1. The summed E-state index contributed by atoms with van der Waals surface area (Å²) < 4.78 is 54.2. The molecule has 0 saturated heterocycles. The monoisotopic (exact) mass is 509 g/mol. The summed E-state index contributed by atoms with van der Waals surface area (Å²) in [7, 11) is 2.32. The van der Waals surface area contributed by atoms with Crippen molar-refractivity contribution in [2.75, 3.05) is 25.3 Å². The molecule has 0 aliphatic heterocycles. The van der Waals surface area contributed by atoms with E-state index in [0.29, 0.717) is 0 Å². The fraction of sp³-hybridized carbons (Fsp3) is 0.227. The van der Waals surface area contributed by atoms with Crippen LogP contribution in [-0.2, 0) is 20.4 Å². The third-order valence-electron chi connectivity index (χ3n) is 4.39. The number of rotatable bonds is 8. The lowest BCUT2D eigenvalue weighted by Crippen LogP contribution is -2.15. The first-order valence-corrected chi connectivity index (χ1v) is 10.8. The molecule has 0 fully saturated rings. The largest absolute Gasteiger partial charge is 0.465 e. The van der Waals surface area contributed by atoms with Crippen LogP contribution in [0.3, 0.4) is 0 Å². The van der Waals surface area contributed by atoms with Crippen molar-refractivity contribution in [2.24, 2.45) is 0 Å². The van der Waals surface area contributed by atoms with Gasteiger partial charge in [0.1, 0.15) is 11.4 Å². The van der Waals surface area contributed by atoms with Crippen molar-refractivity contribution in [2.45, 2.75) is 17.8 Å². The van der Waals surface area contributed by atoms with Gasteiger partial charge in [-0.25, -0.2) is 19.6 Å². The van der Waals surface area contributed by atoms with Gasteiger partial charge in [-0.2, -0.15) is 13.2 Å². The van der Waals surface area contributed by atoms with Gasteiger partial charge >= 0.3 is 18.1 Å². The predicted molar refractivity (Wildman–Crippen MR) is 118 cm³/mol. The smallest absolute Gasteiger partial charge is 0.433 e. The molecule has 0 saturated carbocycles. The number of methoxy groups -OCH3 is 2. The average molecular weight is 509 g/mol. The highest BCUT2D eigenvalue weighted by Crippen LogP contribution is 2.32.